The molecule has 8 aromatic heterocycles. The molecular weight excluding hydrogens is 1420 g/mol. The Hall–Kier alpha value is -10.9. The summed E-state index contributed by atoms with van der Waals surface area (Å²) in [5, 5.41) is 2.67. The van der Waals surface area contributed by atoms with Crippen molar-refractivity contribution in [3.05, 3.63) is 278 Å². The molecule has 0 spiro atoms. The van der Waals surface area contributed by atoms with Crippen molar-refractivity contribution in [2.75, 3.05) is 28.2 Å². The van der Waals surface area contributed by atoms with E-state index in [1.54, 1.807) is 55.2 Å². The second-order valence-electron chi connectivity index (χ2n) is 25.3. The fraction of sp³-hybridized carbons (Fsp3) is 0.259. The van der Waals surface area contributed by atoms with E-state index < -0.39 is 0 Å². The Bertz CT molecular complexity index is 5200. The zero-order valence-electron chi connectivity index (χ0n) is 57.8. The van der Waals surface area contributed by atoms with Gasteiger partial charge in [-0.25, -0.2) is 39.9 Å². The van der Waals surface area contributed by atoms with E-state index in [1.807, 2.05) is 133 Å². The van der Waals surface area contributed by atoms with Gasteiger partial charge in [-0.1, -0.05) is 87.2 Å². The Morgan fingerprint density at radius 1 is 0.359 bits per heavy atom. The van der Waals surface area contributed by atoms with Gasteiger partial charge in [-0.2, -0.15) is 0 Å². The third kappa shape index (κ3) is 18.2. The topological polar surface area (TPSA) is 204 Å². The second kappa shape index (κ2) is 34.2. The first-order chi connectivity index (χ1) is 49.2. The smallest absolute Gasteiger partial charge is 0.261 e. The highest BCUT2D eigenvalue weighted by molar-refractivity contribution is 9.10. The van der Waals surface area contributed by atoms with Crippen LogP contribution in [-0.4, -0.2) is 130 Å². The molecule has 0 amide bonds. The molecule has 12 aromatic rings. The molecule has 520 valence electrons. The summed E-state index contributed by atoms with van der Waals surface area (Å²) >= 11 is 6.83. The molecule has 22 heteroatoms. The molecule has 0 radical (unpaired) electrons. The molecule has 12 heterocycles. The number of terminal acetylenes is 2. The van der Waals surface area contributed by atoms with E-state index in [2.05, 4.69) is 173 Å². The molecule has 4 atom stereocenters. The minimum atomic E-state index is 0. The molecule has 4 aliphatic rings. The second-order valence-corrected chi connectivity index (χ2v) is 27.1. The number of halogens is 2. The van der Waals surface area contributed by atoms with E-state index in [9.17, 15) is 19.2 Å². The van der Waals surface area contributed by atoms with E-state index in [1.165, 1.54) is 0 Å². The maximum absolute atomic E-state index is 12.8. The molecule has 16 rings (SSSR count). The molecule has 0 fully saturated rings. The van der Waals surface area contributed by atoms with Crippen LogP contribution in [-0.2, 0) is 52.4 Å². The largest absolute Gasteiger partial charge is 0.295 e. The summed E-state index contributed by atoms with van der Waals surface area (Å²) in [6.45, 7) is 14.1. The highest BCUT2D eigenvalue weighted by Gasteiger charge is 2.27. The number of likely N-dealkylation sites (N-methyl/N-ethyl adjacent to an activating group) is 4. The van der Waals surface area contributed by atoms with Crippen LogP contribution in [0.3, 0.4) is 0 Å². The van der Waals surface area contributed by atoms with E-state index in [4.69, 9.17) is 22.8 Å². The number of nitrogens with zero attached hydrogens (tertiary/aromatic N) is 16. The highest BCUT2D eigenvalue weighted by Crippen LogP contribution is 2.23. The summed E-state index contributed by atoms with van der Waals surface area (Å²) in [7, 11) is 8.23. The van der Waals surface area contributed by atoms with Crippen molar-refractivity contribution >= 4 is 75.5 Å². The maximum atomic E-state index is 12.8. The Morgan fingerprint density at radius 2 is 0.621 bits per heavy atom. The third-order valence-corrected chi connectivity index (χ3v) is 19.0. The molecule has 4 aromatic carbocycles. The number of benzene rings is 4. The van der Waals surface area contributed by atoms with Crippen LogP contribution in [0.5, 0.6) is 0 Å². The average Bonchev–Trinajstić information content (AvgIpc) is 0.791. The van der Waals surface area contributed by atoms with Crippen molar-refractivity contribution in [1.29, 1.82) is 0 Å². The van der Waals surface area contributed by atoms with E-state index in [0.29, 0.717) is 107 Å². The van der Waals surface area contributed by atoms with Crippen LogP contribution in [0.25, 0.3) is 43.6 Å². The molecule has 4 unspecified atom stereocenters. The number of fused-ring (bicyclic) bond motifs is 8. The van der Waals surface area contributed by atoms with Crippen LogP contribution < -0.4 is 22.2 Å². The van der Waals surface area contributed by atoms with Crippen LogP contribution >= 0.6 is 31.9 Å². The predicted molar refractivity (Wildman–Crippen MR) is 415 cm³/mol. The Balaban J connectivity index is 0.000000138. The normalized spacial score (nSPS) is 16.5. The lowest BCUT2D eigenvalue weighted by Gasteiger charge is -2.31. The SMILES string of the molecule is C.C#Cc1ccccn1.C#Cc1ccccn1.CC1Cn2c(nc3cc(Br)ccc3c2=O)CN1C.CC1Cn2c(nc3cc(Br)ccc3c2=O)CN1C.CC1Cn2c(nc3cc(C#Cc4ccccn4)ccc3c2=O)CN1C.CC1Cn2c(nc3cc(C#Cc4ccccn4)ccc3c2=O)CN1C. The van der Waals surface area contributed by atoms with Crippen molar-refractivity contribution in [3.63, 3.8) is 0 Å². The van der Waals surface area contributed by atoms with Gasteiger partial charge in [0.1, 0.15) is 46.1 Å². The Kier molecular flexibility index (Phi) is 24.8. The Morgan fingerprint density at radius 3 is 0.874 bits per heavy atom. The van der Waals surface area contributed by atoms with Gasteiger partial charge in [-0.15, -0.1) is 12.8 Å². The van der Waals surface area contributed by atoms with Crippen LogP contribution in [0.15, 0.2) is 199 Å². The first kappa shape index (κ1) is 74.8. The standard InChI is InChI=1S/2C20H18N4O.2C13H14BrN3O.2C7H5N.CH4/c2*1-14-12-24-19(13-23(14)2)22-18-11-15(7-9-17(18)20(24)25)6-8-16-5-3-4-10-21-16;2*1-8-6-17-12(7-16(8)2)15-11-5-9(14)3-4-10(11)13(17)18;2*1-2-7-5-3-4-6-8-7;/h2*3-5,7,9-11,14H,12-13H2,1-2H3;2*3-5,8H,6-7H2,1-2H3;2*1,3-6H;1H4. The Labute approximate surface area is 615 Å². The monoisotopic (exact) mass is 1500 g/mol. The number of rotatable bonds is 0. The lowest BCUT2D eigenvalue weighted by molar-refractivity contribution is 0.183. The highest BCUT2D eigenvalue weighted by atomic mass is 79.9. The van der Waals surface area contributed by atoms with Crippen LogP contribution in [0.1, 0.15) is 92.3 Å². The van der Waals surface area contributed by atoms with Gasteiger partial charge >= 0.3 is 0 Å². The summed E-state index contributed by atoms with van der Waals surface area (Å²) in [6.07, 6.45) is 16.9. The van der Waals surface area contributed by atoms with Gasteiger partial charge in [-0.3, -0.25) is 57.0 Å². The predicted octanol–water partition coefficient (Wildman–Crippen LogP) is 10.8. The fourth-order valence-electron chi connectivity index (χ4n) is 11.6. The lowest BCUT2D eigenvalue weighted by atomic mass is 10.1. The first-order valence-corrected chi connectivity index (χ1v) is 34.7. The quantitative estimate of drug-likeness (QED) is 0.130. The fourth-order valence-corrected chi connectivity index (χ4v) is 12.3. The van der Waals surface area contributed by atoms with Gasteiger partial charge in [-0.05, 0) is 189 Å². The van der Waals surface area contributed by atoms with Crippen LogP contribution in [0, 0.1) is 48.4 Å². The number of hydrogen-bond donors (Lipinski definition) is 0. The molecule has 0 saturated carbocycles. The molecule has 0 N–H and O–H groups in total. The maximum Gasteiger partial charge on any atom is 0.261 e. The van der Waals surface area contributed by atoms with E-state index >= 15 is 0 Å². The first-order valence-electron chi connectivity index (χ1n) is 33.1. The molecular formula is C81H78Br2N16O4. The minimum absolute atomic E-state index is 0. The number of aromatic nitrogens is 12. The van der Waals surface area contributed by atoms with Gasteiger partial charge in [0, 0.05) is 95.2 Å². The van der Waals surface area contributed by atoms with Crippen LogP contribution in [0.4, 0.5) is 0 Å². The van der Waals surface area contributed by atoms with Crippen molar-refractivity contribution in [2.45, 2.75) is 112 Å². The van der Waals surface area contributed by atoms with Crippen molar-refractivity contribution in [2.24, 2.45) is 0 Å². The van der Waals surface area contributed by atoms with Gasteiger partial charge < -0.3 is 0 Å². The molecule has 0 aliphatic carbocycles. The van der Waals surface area contributed by atoms with Gasteiger partial charge in [0.25, 0.3) is 22.2 Å². The van der Waals surface area contributed by atoms with Gasteiger partial charge in [0.2, 0.25) is 0 Å². The molecule has 20 nitrogen and oxygen atoms in total. The average molecular weight is 1500 g/mol. The number of hydrogen-bond acceptors (Lipinski definition) is 16. The van der Waals surface area contributed by atoms with Crippen LogP contribution in [0.2, 0.25) is 0 Å². The minimum Gasteiger partial charge on any atom is -0.295 e. The van der Waals surface area contributed by atoms with Gasteiger partial charge in [0.15, 0.2) is 0 Å². The zero-order chi connectivity index (χ0) is 72.1. The summed E-state index contributed by atoms with van der Waals surface area (Å²) in [5.74, 6) is 20.4. The molecule has 0 saturated heterocycles. The molecule has 4 aliphatic heterocycles. The van der Waals surface area contributed by atoms with Crippen molar-refractivity contribution in [1.82, 2.24) is 77.7 Å². The van der Waals surface area contributed by atoms with E-state index in [-0.39, 0.29) is 29.7 Å². The zero-order valence-corrected chi connectivity index (χ0v) is 61.0. The summed E-state index contributed by atoms with van der Waals surface area (Å²) in [4.78, 5) is 94.0. The number of pyridine rings is 4. The third-order valence-electron chi connectivity index (χ3n) is 18.0. The van der Waals surface area contributed by atoms with Gasteiger partial charge in [0.05, 0.1) is 69.8 Å². The molecule has 0 bridgehead atoms. The summed E-state index contributed by atoms with van der Waals surface area (Å²) in [5.41, 5.74) is 7.61. The molecule has 103 heavy (non-hydrogen) atoms. The van der Waals surface area contributed by atoms with Crippen molar-refractivity contribution < 1.29 is 0 Å². The summed E-state index contributed by atoms with van der Waals surface area (Å²) in [6, 6.07) is 46.0. The van der Waals surface area contributed by atoms with E-state index in [0.717, 1.165) is 78.9 Å². The summed E-state index contributed by atoms with van der Waals surface area (Å²) < 4.78 is 9.11. The lowest BCUT2D eigenvalue weighted by Crippen LogP contribution is -2.43. The van der Waals surface area contributed by atoms with Crippen molar-refractivity contribution in [3.8, 4) is 48.4 Å².